The number of hydrogen-bond donors (Lipinski definition) is 1. The standard InChI is InChI=1S/C13H16ClFN5O5P/c1-6(2)24-26(21)22-3-7-9(25-26)13(14,15)12(23-7)20-5-19-8-10(16)17-4-18-11(8)20/h4-7,9,12H,3H2,1-2H3,(H2,16,17,18)/t7-,9-,12-,13-,26?/m1/s1. The molecular weight excluding hydrogens is 392 g/mol. The molecule has 0 saturated carbocycles. The van der Waals surface area contributed by atoms with Crippen LogP contribution in [0.4, 0.5) is 10.2 Å². The fourth-order valence-corrected chi connectivity index (χ4v) is 4.91. The molecule has 13 heteroatoms. The number of phosphoric acid groups is 1. The van der Waals surface area contributed by atoms with Crippen molar-refractivity contribution in [1.29, 1.82) is 0 Å². The summed E-state index contributed by atoms with van der Waals surface area (Å²) in [6.45, 7) is 3.10. The summed E-state index contributed by atoms with van der Waals surface area (Å²) in [6.07, 6.45) is -1.55. The van der Waals surface area contributed by atoms with Crippen LogP contribution >= 0.6 is 19.4 Å². The van der Waals surface area contributed by atoms with Gasteiger partial charge in [0, 0.05) is 0 Å². The Labute approximate surface area is 152 Å². The molecule has 2 N–H and O–H groups in total. The second-order valence-corrected chi connectivity index (χ2v) is 8.36. The number of halogens is 2. The van der Waals surface area contributed by atoms with Crippen LogP contribution in [0.3, 0.4) is 0 Å². The number of alkyl halides is 2. The van der Waals surface area contributed by atoms with Gasteiger partial charge in [-0.3, -0.25) is 18.1 Å². The second kappa shape index (κ2) is 6.08. The number of nitrogens with zero attached hydrogens (tertiary/aromatic N) is 4. The van der Waals surface area contributed by atoms with Crippen molar-refractivity contribution >= 4 is 36.4 Å². The summed E-state index contributed by atoms with van der Waals surface area (Å²) in [7, 11) is -3.95. The Morgan fingerprint density at radius 3 is 3.00 bits per heavy atom. The molecule has 26 heavy (non-hydrogen) atoms. The van der Waals surface area contributed by atoms with Gasteiger partial charge in [0.15, 0.2) is 23.8 Å². The first-order chi connectivity index (χ1) is 12.2. The van der Waals surface area contributed by atoms with Gasteiger partial charge in [0.2, 0.25) is 0 Å². The highest BCUT2D eigenvalue weighted by Gasteiger charge is 2.63. The maximum Gasteiger partial charge on any atom is 0.475 e. The van der Waals surface area contributed by atoms with Gasteiger partial charge in [-0.15, -0.1) is 0 Å². The Balaban J connectivity index is 1.68. The Morgan fingerprint density at radius 1 is 1.50 bits per heavy atom. The molecule has 2 aliphatic rings. The number of ether oxygens (including phenoxy) is 1. The summed E-state index contributed by atoms with van der Waals surface area (Å²) in [6, 6.07) is 0. The highest BCUT2D eigenvalue weighted by molar-refractivity contribution is 7.48. The quantitative estimate of drug-likeness (QED) is 0.602. The number of nitrogen functional groups attached to an aromatic ring is 1. The minimum Gasteiger partial charge on any atom is -0.382 e. The molecule has 0 bridgehead atoms. The Morgan fingerprint density at radius 2 is 2.27 bits per heavy atom. The fraction of sp³-hybridized carbons (Fsp3) is 0.615. The third-order valence-corrected chi connectivity index (χ3v) is 6.00. The van der Waals surface area contributed by atoms with Gasteiger partial charge in [0.05, 0.1) is 19.0 Å². The van der Waals surface area contributed by atoms with Crippen molar-refractivity contribution in [3.05, 3.63) is 12.7 Å². The molecule has 5 atom stereocenters. The summed E-state index contributed by atoms with van der Waals surface area (Å²) in [5.74, 6) is 0.137. The molecule has 0 spiro atoms. The lowest BCUT2D eigenvalue weighted by Gasteiger charge is -2.33. The Kier molecular flexibility index (Phi) is 4.22. The molecule has 2 aromatic rings. The number of rotatable bonds is 3. The first-order valence-corrected chi connectivity index (χ1v) is 9.63. The van der Waals surface area contributed by atoms with Crippen LogP contribution in [0.15, 0.2) is 12.7 Å². The van der Waals surface area contributed by atoms with Crippen LogP contribution in [0.1, 0.15) is 20.1 Å². The van der Waals surface area contributed by atoms with E-state index in [1.54, 1.807) is 13.8 Å². The van der Waals surface area contributed by atoms with E-state index in [4.69, 9.17) is 35.6 Å². The van der Waals surface area contributed by atoms with Gasteiger partial charge in [-0.05, 0) is 13.8 Å². The van der Waals surface area contributed by atoms with E-state index in [1.807, 2.05) is 0 Å². The monoisotopic (exact) mass is 407 g/mol. The van der Waals surface area contributed by atoms with E-state index >= 15 is 4.39 Å². The predicted molar refractivity (Wildman–Crippen MR) is 88.0 cm³/mol. The molecule has 0 radical (unpaired) electrons. The summed E-state index contributed by atoms with van der Waals surface area (Å²) < 4.78 is 50.5. The second-order valence-electron chi connectivity index (χ2n) is 6.21. The highest BCUT2D eigenvalue weighted by atomic mass is 35.5. The average Bonchev–Trinajstić information content (AvgIpc) is 3.07. The largest absolute Gasteiger partial charge is 0.475 e. The third-order valence-electron chi connectivity index (χ3n) is 3.97. The van der Waals surface area contributed by atoms with Crippen LogP contribution in [-0.4, -0.2) is 49.6 Å². The number of imidazole rings is 1. The molecule has 0 aromatic carbocycles. The average molecular weight is 408 g/mol. The van der Waals surface area contributed by atoms with Crippen molar-refractivity contribution in [1.82, 2.24) is 19.5 Å². The molecule has 0 aliphatic carbocycles. The molecular formula is C13H16ClFN5O5P. The third kappa shape index (κ3) is 2.79. The maximum absolute atomic E-state index is 15.4. The van der Waals surface area contributed by atoms with Crippen LogP contribution in [-0.2, 0) is 22.9 Å². The minimum atomic E-state index is -3.95. The molecule has 4 heterocycles. The molecule has 0 amide bonds. The number of hydrogen-bond acceptors (Lipinski definition) is 9. The van der Waals surface area contributed by atoms with Crippen LogP contribution in [0, 0.1) is 0 Å². The molecule has 2 saturated heterocycles. The van der Waals surface area contributed by atoms with E-state index in [-0.39, 0.29) is 23.6 Å². The van der Waals surface area contributed by atoms with Crippen LogP contribution in [0.2, 0.25) is 0 Å². The summed E-state index contributed by atoms with van der Waals surface area (Å²) in [5.41, 5.74) is 6.27. The predicted octanol–water partition coefficient (Wildman–Crippen LogP) is 2.16. The Bertz CT molecular complexity index is 895. The fourth-order valence-electron chi connectivity index (χ4n) is 2.92. The van der Waals surface area contributed by atoms with Gasteiger partial charge in [-0.2, -0.15) is 0 Å². The summed E-state index contributed by atoms with van der Waals surface area (Å²) in [4.78, 5) is 11.9. The van der Waals surface area contributed by atoms with Crippen LogP contribution in [0.25, 0.3) is 11.2 Å². The van der Waals surface area contributed by atoms with E-state index in [0.717, 1.165) is 0 Å². The molecule has 10 nitrogen and oxygen atoms in total. The maximum atomic E-state index is 15.4. The van der Waals surface area contributed by atoms with Gasteiger partial charge in [-0.25, -0.2) is 23.9 Å². The van der Waals surface area contributed by atoms with E-state index in [2.05, 4.69) is 15.0 Å². The summed E-state index contributed by atoms with van der Waals surface area (Å²) in [5, 5.41) is -2.57. The highest BCUT2D eigenvalue weighted by Crippen LogP contribution is 2.61. The smallest absolute Gasteiger partial charge is 0.382 e. The first kappa shape index (κ1) is 18.0. The molecule has 4 rings (SSSR count). The molecule has 1 unspecified atom stereocenters. The van der Waals surface area contributed by atoms with Gasteiger partial charge < -0.3 is 10.5 Å². The topological polar surface area (TPSA) is 124 Å². The van der Waals surface area contributed by atoms with Gasteiger partial charge in [0.25, 0.3) is 5.13 Å². The number of nitrogens with two attached hydrogens (primary N) is 1. The van der Waals surface area contributed by atoms with Crippen molar-refractivity contribution in [2.45, 2.75) is 43.5 Å². The van der Waals surface area contributed by atoms with Crippen LogP contribution in [0.5, 0.6) is 0 Å². The SMILES string of the molecule is CC(C)OP1(=O)OC[C@H]2O[C@@H](n3cnc4c(N)ncnc43)[C@@](F)(Cl)[C@@H]2O1. The van der Waals surface area contributed by atoms with Crippen molar-refractivity contribution in [3.8, 4) is 0 Å². The number of phosphoric ester groups is 1. The van der Waals surface area contributed by atoms with Crippen LogP contribution < -0.4 is 5.73 Å². The van der Waals surface area contributed by atoms with Gasteiger partial charge >= 0.3 is 7.82 Å². The van der Waals surface area contributed by atoms with E-state index in [0.29, 0.717) is 0 Å². The number of aromatic nitrogens is 4. The van der Waals surface area contributed by atoms with E-state index < -0.39 is 37.5 Å². The summed E-state index contributed by atoms with van der Waals surface area (Å²) >= 11 is 6.13. The lowest BCUT2D eigenvalue weighted by Crippen LogP contribution is -2.43. The minimum absolute atomic E-state index is 0.137. The van der Waals surface area contributed by atoms with Crippen molar-refractivity contribution < 1.29 is 27.3 Å². The molecule has 2 aromatic heterocycles. The molecule has 2 fully saturated rings. The number of fused-ring (bicyclic) bond motifs is 2. The Hall–Kier alpha value is -1.36. The lowest BCUT2D eigenvalue weighted by atomic mass is 10.1. The van der Waals surface area contributed by atoms with Crippen molar-refractivity contribution in [2.75, 3.05) is 12.3 Å². The molecule has 2 aliphatic heterocycles. The van der Waals surface area contributed by atoms with Crippen molar-refractivity contribution in [3.63, 3.8) is 0 Å². The number of anilines is 1. The van der Waals surface area contributed by atoms with E-state index in [9.17, 15) is 4.57 Å². The molecule has 142 valence electrons. The van der Waals surface area contributed by atoms with Crippen molar-refractivity contribution in [2.24, 2.45) is 0 Å². The zero-order chi connectivity index (χ0) is 18.7. The zero-order valence-electron chi connectivity index (χ0n) is 13.8. The zero-order valence-corrected chi connectivity index (χ0v) is 15.4. The normalized spacial score (nSPS) is 37.3. The lowest BCUT2D eigenvalue weighted by molar-refractivity contribution is -0.0733. The van der Waals surface area contributed by atoms with Gasteiger partial charge in [0.1, 0.15) is 17.9 Å². The van der Waals surface area contributed by atoms with Gasteiger partial charge in [-0.1, -0.05) is 11.6 Å². The van der Waals surface area contributed by atoms with E-state index in [1.165, 1.54) is 17.2 Å². The first-order valence-electron chi connectivity index (χ1n) is 7.79.